The van der Waals surface area contributed by atoms with Crippen LogP contribution in [-0.2, 0) is 14.3 Å². The van der Waals surface area contributed by atoms with Crippen molar-refractivity contribution < 1.29 is 19.4 Å². The van der Waals surface area contributed by atoms with Gasteiger partial charge in [0.2, 0.25) is 0 Å². The van der Waals surface area contributed by atoms with Gasteiger partial charge in [0.15, 0.2) is 6.29 Å². The summed E-state index contributed by atoms with van der Waals surface area (Å²) in [7, 11) is 3.18. The van der Waals surface area contributed by atoms with Crippen molar-refractivity contribution in [3.63, 3.8) is 0 Å². The molecule has 0 aromatic carbocycles. The fraction of sp³-hybridized carbons (Fsp3) is 1.00. The van der Waals surface area contributed by atoms with Gasteiger partial charge in [-0.15, -0.1) is 0 Å². The predicted molar refractivity (Wildman–Crippen MR) is 69.0 cm³/mol. The van der Waals surface area contributed by atoms with Gasteiger partial charge in [0, 0.05) is 25.3 Å². The van der Waals surface area contributed by atoms with Crippen LogP contribution in [0.1, 0.15) is 40.5 Å². The molecule has 0 spiro atoms. The van der Waals surface area contributed by atoms with Gasteiger partial charge < -0.3 is 14.6 Å². The first-order valence-corrected chi connectivity index (χ1v) is 6.40. The van der Waals surface area contributed by atoms with Crippen molar-refractivity contribution in [3.8, 4) is 0 Å². The second-order valence-electron chi connectivity index (χ2n) is 6.18. The summed E-state index contributed by atoms with van der Waals surface area (Å²) in [5.41, 5.74) is -0.430. The fourth-order valence-electron chi connectivity index (χ4n) is 2.93. The molecule has 0 aliphatic carbocycles. The number of aliphatic hydroxyl groups excluding tert-OH is 1. The van der Waals surface area contributed by atoms with Crippen molar-refractivity contribution in [2.75, 3.05) is 20.8 Å². The second-order valence-corrected chi connectivity index (χ2v) is 6.18. The Bertz CT molecular complexity index is 246. The van der Waals surface area contributed by atoms with Crippen molar-refractivity contribution in [1.82, 2.24) is 5.06 Å². The van der Waals surface area contributed by atoms with Crippen LogP contribution in [0.2, 0.25) is 0 Å². The van der Waals surface area contributed by atoms with Gasteiger partial charge in [0.25, 0.3) is 0 Å². The Kier molecular flexibility index (Phi) is 5.14. The molecule has 0 aromatic heterocycles. The van der Waals surface area contributed by atoms with Crippen LogP contribution in [-0.4, -0.2) is 54.5 Å². The summed E-state index contributed by atoms with van der Waals surface area (Å²) in [6, 6.07) is 0. The molecule has 108 valence electrons. The Morgan fingerprint density at radius 2 is 1.56 bits per heavy atom. The third-order valence-corrected chi connectivity index (χ3v) is 3.44. The van der Waals surface area contributed by atoms with Crippen molar-refractivity contribution in [3.05, 3.63) is 0 Å². The number of nitrogens with zero attached hydrogens (tertiary/aromatic N) is 1. The summed E-state index contributed by atoms with van der Waals surface area (Å²) in [6.07, 6.45) is 0.737. The zero-order chi connectivity index (χ0) is 14.0. The van der Waals surface area contributed by atoms with Gasteiger partial charge in [-0.2, -0.15) is 5.06 Å². The van der Waals surface area contributed by atoms with E-state index in [1.807, 2.05) is 5.06 Å². The van der Waals surface area contributed by atoms with Crippen LogP contribution >= 0.6 is 0 Å². The van der Waals surface area contributed by atoms with Crippen molar-refractivity contribution in [2.24, 2.45) is 0 Å². The minimum Gasteiger partial charge on any atom is -0.393 e. The first kappa shape index (κ1) is 15.9. The van der Waals surface area contributed by atoms with E-state index in [4.69, 9.17) is 14.3 Å². The molecule has 0 saturated carbocycles. The second kappa shape index (κ2) is 5.84. The molecule has 0 radical (unpaired) electrons. The number of methoxy groups -OCH3 is 2. The number of hydroxylamine groups is 2. The number of aliphatic hydroxyl groups is 1. The predicted octanol–water partition coefficient (Wildman–Crippen LogP) is 1.55. The normalized spacial score (nSPS) is 24.7. The smallest absolute Gasteiger partial charge is 0.182 e. The van der Waals surface area contributed by atoms with Gasteiger partial charge >= 0.3 is 0 Å². The minimum absolute atomic E-state index is 0.215. The maximum absolute atomic E-state index is 9.94. The van der Waals surface area contributed by atoms with E-state index in [-0.39, 0.29) is 23.5 Å². The average Bonchev–Trinajstić information content (AvgIpc) is 2.20. The summed E-state index contributed by atoms with van der Waals surface area (Å²) < 4.78 is 10.2. The summed E-state index contributed by atoms with van der Waals surface area (Å²) in [5.74, 6) is 0. The highest BCUT2D eigenvalue weighted by Crippen LogP contribution is 2.38. The lowest BCUT2D eigenvalue weighted by atomic mass is 9.80. The number of hydrogen-bond donors (Lipinski definition) is 1. The molecule has 0 aromatic rings. The van der Waals surface area contributed by atoms with E-state index in [1.54, 1.807) is 14.2 Å². The molecule has 1 heterocycles. The lowest BCUT2D eigenvalue weighted by Crippen LogP contribution is -2.62. The molecule has 5 nitrogen and oxygen atoms in total. The first-order valence-electron chi connectivity index (χ1n) is 6.40. The molecule has 1 saturated heterocycles. The van der Waals surface area contributed by atoms with E-state index in [0.29, 0.717) is 19.4 Å². The fourth-order valence-corrected chi connectivity index (χ4v) is 2.93. The van der Waals surface area contributed by atoms with Gasteiger partial charge in [0.1, 0.15) is 6.61 Å². The Hall–Kier alpha value is -0.200. The van der Waals surface area contributed by atoms with E-state index < -0.39 is 0 Å². The van der Waals surface area contributed by atoms with E-state index in [9.17, 15) is 5.11 Å². The highest BCUT2D eigenvalue weighted by Gasteiger charge is 2.46. The lowest BCUT2D eigenvalue weighted by molar-refractivity contribution is -0.315. The van der Waals surface area contributed by atoms with Gasteiger partial charge in [-0.3, -0.25) is 4.84 Å². The Labute approximate surface area is 110 Å². The average molecular weight is 261 g/mol. The number of hydrogen-bond acceptors (Lipinski definition) is 5. The maximum Gasteiger partial charge on any atom is 0.182 e. The third kappa shape index (κ3) is 3.65. The topological polar surface area (TPSA) is 51.2 Å². The van der Waals surface area contributed by atoms with Gasteiger partial charge in [-0.05, 0) is 40.5 Å². The molecule has 1 N–H and O–H groups in total. The van der Waals surface area contributed by atoms with Crippen LogP contribution in [0.3, 0.4) is 0 Å². The zero-order valence-corrected chi connectivity index (χ0v) is 12.4. The molecule has 18 heavy (non-hydrogen) atoms. The molecule has 0 amide bonds. The van der Waals surface area contributed by atoms with E-state index in [0.717, 1.165) is 0 Å². The van der Waals surface area contributed by atoms with Gasteiger partial charge in [-0.1, -0.05) is 0 Å². The Morgan fingerprint density at radius 3 is 1.94 bits per heavy atom. The number of rotatable bonds is 5. The van der Waals surface area contributed by atoms with Crippen molar-refractivity contribution in [2.45, 2.75) is 64.0 Å². The molecule has 1 fully saturated rings. The first-order chi connectivity index (χ1) is 8.23. The molecular formula is C13H27NO4. The molecular weight excluding hydrogens is 234 g/mol. The SMILES string of the molecule is COC(CON1C(C)(C)CC(O)CC1(C)C)OC. The van der Waals surface area contributed by atoms with E-state index in [1.165, 1.54) is 0 Å². The summed E-state index contributed by atoms with van der Waals surface area (Å²) >= 11 is 0. The van der Waals surface area contributed by atoms with Crippen molar-refractivity contribution >= 4 is 0 Å². The quantitative estimate of drug-likeness (QED) is 0.761. The van der Waals surface area contributed by atoms with Crippen LogP contribution in [0.5, 0.6) is 0 Å². The standard InChI is InChI=1S/C13H27NO4/c1-12(2)7-10(15)8-13(3,4)14(12)18-9-11(16-5)17-6/h10-11,15H,7-9H2,1-6H3. The molecule has 0 bridgehead atoms. The van der Waals surface area contributed by atoms with E-state index in [2.05, 4.69) is 27.7 Å². The summed E-state index contributed by atoms with van der Waals surface area (Å²) in [5, 5.41) is 11.9. The highest BCUT2D eigenvalue weighted by atomic mass is 16.7. The maximum atomic E-state index is 9.94. The van der Waals surface area contributed by atoms with Crippen LogP contribution < -0.4 is 0 Å². The molecule has 1 aliphatic rings. The van der Waals surface area contributed by atoms with Crippen LogP contribution in [0.4, 0.5) is 0 Å². The van der Waals surface area contributed by atoms with Crippen LogP contribution in [0.25, 0.3) is 0 Å². The number of piperidine rings is 1. The molecule has 0 atom stereocenters. The van der Waals surface area contributed by atoms with E-state index >= 15 is 0 Å². The zero-order valence-electron chi connectivity index (χ0n) is 12.4. The molecule has 1 aliphatic heterocycles. The van der Waals surface area contributed by atoms with Gasteiger partial charge in [-0.25, -0.2) is 0 Å². The Morgan fingerprint density at radius 1 is 1.11 bits per heavy atom. The molecule has 5 heteroatoms. The number of ether oxygens (including phenoxy) is 2. The monoisotopic (exact) mass is 261 g/mol. The largest absolute Gasteiger partial charge is 0.393 e. The van der Waals surface area contributed by atoms with Crippen LogP contribution in [0.15, 0.2) is 0 Å². The molecule has 1 rings (SSSR count). The van der Waals surface area contributed by atoms with Crippen LogP contribution in [0, 0.1) is 0 Å². The third-order valence-electron chi connectivity index (χ3n) is 3.44. The lowest BCUT2D eigenvalue weighted by Gasteiger charge is -2.52. The highest BCUT2D eigenvalue weighted by molar-refractivity contribution is 4.96. The van der Waals surface area contributed by atoms with Gasteiger partial charge in [0.05, 0.1) is 6.10 Å². The minimum atomic E-state index is -0.372. The Balaban J connectivity index is 2.71. The summed E-state index contributed by atoms with van der Waals surface area (Å²) in [4.78, 5) is 5.88. The molecule has 0 unspecified atom stereocenters. The summed E-state index contributed by atoms with van der Waals surface area (Å²) in [6.45, 7) is 8.64. The van der Waals surface area contributed by atoms with Crippen molar-refractivity contribution in [1.29, 1.82) is 0 Å².